The summed E-state index contributed by atoms with van der Waals surface area (Å²) in [6.07, 6.45) is -4.57. The summed E-state index contributed by atoms with van der Waals surface area (Å²) in [5.41, 5.74) is 0.234. The molecule has 2 aromatic rings. The first-order valence-corrected chi connectivity index (χ1v) is 7.79. The predicted molar refractivity (Wildman–Crippen MR) is 92.9 cm³/mol. The molecule has 2 rings (SSSR count). The van der Waals surface area contributed by atoms with Gasteiger partial charge in [-0.3, -0.25) is 14.4 Å². The fourth-order valence-electron chi connectivity index (χ4n) is 2.11. The predicted octanol–water partition coefficient (Wildman–Crippen LogP) is 2.71. The molecule has 0 saturated heterocycles. The Hall–Kier alpha value is -3.36. The Balaban J connectivity index is 1.88. The molecular weight excluding hydrogens is 363 g/mol. The fourth-order valence-corrected chi connectivity index (χ4v) is 2.11. The lowest BCUT2D eigenvalue weighted by molar-refractivity contribution is -0.137. The van der Waals surface area contributed by atoms with E-state index in [1.54, 1.807) is 31.2 Å². The number of hydrogen-bond acceptors (Lipinski definition) is 3. The largest absolute Gasteiger partial charge is 0.416 e. The zero-order valence-electron chi connectivity index (χ0n) is 14.2. The summed E-state index contributed by atoms with van der Waals surface area (Å²) in [5.74, 6) is -2.88. The molecule has 0 aliphatic carbocycles. The topological polar surface area (TPSA) is 87.3 Å². The Morgan fingerprint density at radius 3 is 2.30 bits per heavy atom. The lowest BCUT2D eigenvalue weighted by atomic mass is 10.2. The van der Waals surface area contributed by atoms with Gasteiger partial charge in [0, 0.05) is 11.4 Å². The van der Waals surface area contributed by atoms with Crippen molar-refractivity contribution in [3.63, 3.8) is 0 Å². The van der Waals surface area contributed by atoms with Crippen LogP contribution in [0.3, 0.4) is 0 Å². The Kier molecular flexibility index (Phi) is 6.17. The molecule has 2 aromatic carbocycles. The molecule has 0 unspecified atom stereocenters. The van der Waals surface area contributed by atoms with E-state index in [1.807, 2.05) is 0 Å². The minimum atomic E-state index is -4.57. The van der Waals surface area contributed by atoms with E-state index in [0.29, 0.717) is 11.8 Å². The van der Waals surface area contributed by atoms with Crippen LogP contribution in [-0.2, 0) is 20.6 Å². The van der Waals surface area contributed by atoms with Gasteiger partial charge in [-0.2, -0.15) is 13.2 Å². The third kappa shape index (κ3) is 5.84. The van der Waals surface area contributed by atoms with Gasteiger partial charge in [0.05, 0.1) is 12.1 Å². The maximum atomic E-state index is 12.6. The van der Waals surface area contributed by atoms with Crippen LogP contribution in [0.5, 0.6) is 0 Å². The van der Waals surface area contributed by atoms with Crippen LogP contribution in [0.1, 0.15) is 11.1 Å². The zero-order chi connectivity index (χ0) is 20.0. The number of anilines is 2. The van der Waals surface area contributed by atoms with Crippen LogP contribution < -0.4 is 16.0 Å². The summed E-state index contributed by atoms with van der Waals surface area (Å²) in [4.78, 5) is 35.3. The maximum Gasteiger partial charge on any atom is 0.416 e. The minimum absolute atomic E-state index is 0.186. The molecule has 0 bridgehead atoms. The first kappa shape index (κ1) is 20.0. The van der Waals surface area contributed by atoms with Gasteiger partial charge in [0.25, 0.3) is 0 Å². The summed E-state index contributed by atoms with van der Waals surface area (Å²) in [7, 11) is 0. The van der Waals surface area contributed by atoms with Gasteiger partial charge in [-0.1, -0.05) is 24.3 Å². The van der Waals surface area contributed by atoms with Crippen molar-refractivity contribution in [1.29, 1.82) is 0 Å². The van der Waals surface area contributed by atoms with Crippen LogP contribution in [0.4, 0.5) is 24.5 Å². The van der Waals surface area contributed by atoms with E-state index in [1.165, 1.54) is 6.07 Å². The smallest absolute Gasteiger partial charge is 0.339 e. The second-order valence-electron chi connectivity index (χ2n) is 5.58. The summed E-state index contributed by atoms with van der Waals surface area (Å²) in [5, 5.41) is 6.72. The number of carbonyl (C=O) groups excluding carboxylic acids is 3. The number of benzene rings is 2. The molecule has 27 heavy (non-hydrogen) atoms. The van der Waals surface area contributed by atoms with Gasteiger partial charge < -0.3 is 16.0 Å². The van der Waals surface area contributed by atoms with Crippen molar-refractivity contribution in [3.05, 3.63) is 59.7 Å². The summed E-state index contributed by atoms with van der Waals surface area (Å²) in [6.45, 7) is 1.32. The number of aryl methyl sites for hydroxylation is 1. The van der Waals surface area contributed by atoms with Crippen molar-refractivity contribution in [2.45, 2.75) is 13.1 Å². The molecule has 0 spiro atoms. The van der Waals surface area contributed by atoms with Crippen molar-refractivity contribution in [1.82, 2.24) is 5.32 Å². The SMILES string of the molecule is Cc1ccccc1NC(=O)CNC(=O)C(=O)Nc1cccc(C(F)(F)F)c1. The number of amides is 3. The minimum Gasteiger partial charge on any atom is -0.339 e. The second kappa shape index (κ2) is 8.35. The molecule has 0 atom stereocenters. The van der Waals surface area contributed by atoms with Crippen LogP contribution in [0.15, 0.2) is 48.5 Å². The molecule has 0 radical (unpaired) electrons. The third-order valence-corrected chi connectivity index (χ3v) is 3.48. The van der Waals surface area contributed by atoms with Gasteiger partial charge in [-0.15, -0.1) is 0 Å². The number of carbonyl (C=O) groups is 3. The molecule has 0 aliphatic heterocycles. The quantitative estimate of drug-likeness (QED) is 0.714. The van der Waals surface area contributed by atoms with E-state index in [4.69, 9.17) is 0 Å². The van der Waals surface area contributed by atoms with E-state index in [-0.39, 0.29) is 5.69 Å². The van der Waals surface area contributed by atoms with Gasteiger partial charge in [0.2, 0.25) is 5.91 Å². The van der Waals surface area contributed by atoms with Crippen molar-refractivity contribution < 1.29 is 27.6 Å². The van der Waals surface area contributed by atoms with Crippen LogP contribution in [0.25, 0.3) is 0 Å². The van der Waals surface area contributed by atoms with Crippen molar-refractivity contribution in [2.24, 2.45) is 0 Å². The average Bonchev–Trinajstić information content (AvgIpc) is 2.61. The highest BCUT2D eigenvalue weighted by atomic mass is 19.4. The molecule has 0 aliphatic rings. The molecule has 0 saturated carbocycles. The van der Waals surface area contributed by atoms with E-state index in [9.17, 15) is 27.6 Å². The lowest BCUT2D eigenvalue weighted by Crippen LogP contribution is -2.39. The first-order chi connectivity index (χ1) is 12.7. The first-order valence-electron chi connectivity index (χ1n) is 7.79. The number of alkyl halides is 3. The monoisotopic (exact) mass is 379 g/mol. The summed E-state index contributed by atoms with van der Waals surface area (Å²) in [6, 6.07) is 10.8. The van der Waals surface area contributed by atoms with Crippen molar-refractivity contribution in [3.8, 4) is 0 Å². The number of para-hydroxylation sites is 1. The Morgan fingerprint density at radius 2 is 1.63 bits per heavy atom. The standard InChI is InChI=1S/C18H16F3N3O3/c1-11-5-2-3-8-14(11)24-15(25)10-22-16(26)17(27)23-13-7-4-6-12(9-13)18(19,20)21/h2-9H,10H2,1H3,(H,22,26)(H,23,27)(H,24,25). The second-order valence-corrected chi connectivity index (χ2v) is 5.58. The molecular formula is C18H16F3N3O3. The van der Waals surface area contributed by atoms with Gasteiger partial charge in [0.1, 0.15) is 0 Å². The molecule has 3 amide bonds. The van der Waals surface area contributed by atoms with Gasteiger partial charge in [-0.05, 0) is 36.8 Å². The van der Waals surface area contributed by atoms with Gasteiger partial charge in [-0.25, -0.2) is 0 Å². The van der Waals surface area contributed by atoms with Crippen LogP contribution in [0, 0.1) is 6.92 Å². The molecule has 3 N–H and O–H groups in total. The normalized spacial score (nSPS) is 10.8. The fraction of sp³-hybridized carbons (Fsp3) is 0.167. The molecule has 6 nitrogen and oxygen atoms in total. The highest BCUT2D eigenvalue weighted by Gasteiger charge is 2.30. The van der Waals surface area contributed by atoms with E-state index in [0.717, 1.165) is 17.7 Å². The Morgan fingerprint density at radius 1 is 0.926 bits per heavy atom. The molecule has 0 aromatic heterocycles. The van der Waals surface area contributed by atoms with Crippen LogP contribution in [0.2, 0.25) is 0 Å². The van der Waals surface area contributed by atoms with E-state index < -0.39 is 36.0 Å². The Bertz CT molecular complexity index is 866. The van der Waals surface area contributed by atoms with Gasteiger partial charge in [0.15, 0.2) is 0 Å². The highest BCUT2D eigenvalue weighted by molar-refractivity contribution is 6.39. The molecule has 0 heterocycles. The molecule has 9 heteroatoms. The lowest BCUT2D eigenvalue weighted by Gasteiger charge is -2.10. The van der Waals surface area contributed by atoms with E-state index >= 15 is 0 Å². The Labute approximate surface area is 152 Å². The van der Waals surface area contributed by atoms with Crippen molar-refractivity contribution in [2.75, 3.05) is 17.2 Å². The maximum absolute atomic E-state index is 12.6. The van der Waals surface area contributed by atoms with Crippen LogP contribution >= 0.6 is 0 Å². The molecule has 142 valence electrons. The zero-order valence-corrected chi connectivity index (χ0v) is 14.2. The number of rotatable bonds is 4. The summed E-state index contributed by atoms with van der Waals surface area (Å²) < 4.78 is 37.9. The summed E-state index contributed by atoms with van der Waals surface area (Å²) >= 11 is 0. The third-order valence-electron chi connectivity index (χ3n) is 3.48. The average molecular weight is 379 g/mol. The van der Waals surface area contributed by atoms with E-state index in [2.05, 4.69) is 16.0 Å². The highest BCUT2D eigenvalue weighted by Crippen LogP contribution is 2.30. The van der Waals surface area contributed by atoms with Gasteiger partial charge >= 0.3 is 18.0 Å². The van der Waals surface area contributed by atoms with Crippen LogP contribution in [-0.4, -0.2) is 24.3 Å². The number of halogens is 3. The van der Waals surface area contributed by atoms with Crippen molar-refractivity contribution >= 4 is 29.1 Å². The number of nitrogens with one attached hydrogen (secondary N) is 3. The number of hydrogen-bond donors (Lipinski definition) is 3. The molecule has 0 fully saturated rings.